The maximum Gasteiger partial charge on any atom is 0.418 e. The van der Waals surface area contributed by atoms with Crippen LogP contribution in [0.2, 0.25) is 0 Å². The molecule has 2 heterocycles. The summed E-state index contributed by atoms with van der Waals surface area (Å²) in [5.74, 6) is -1.29. The number of amides is 5. The van der Waals surface area contributed by atoms with Gasteiger partial charge in [0.1, 0.15) is 12.4 Å². The van der Waals surface area contributed by atoms with Crippen LogP contribution in [0.25, 0.3) is 0 Å². The van der Waals surface area contributed by atoms with Crippen LogP contribution < -0.4 is 10.6 Å². The highest BCUT2D eigenvalue weighted by atomic mass is 19.1. The highest BCUT2D eigenvalue weighted by Gasteiger charge is 2.59. The highest BCUT2D eigenvalue weighted by molar-refractivity contribution is 6.06. The topological polar surface area (TPSA) is 108 Å². The summed E-state index contributed by atoms with van der Waals surface area (Å²) in [6.45, 7) is 3.45. The summed E-state index contributed by atoms with van der Waals surface area (Å²) >= 11 is 0. The van der Waals surface area contributed by atoms with Crippen LogP contribution in [-0.2, 0) is 26.3 Å². The summed E-state index contributed by atoms with van der Waals surface area (Å²) in [4.78, 5) is 54.3. The molecule has 0 unspecified atom stereocenters. The van der Waals surface area contributed by atoms with Crippen molar-refractivity contribution < 1.29 is 28.3 Å². The zero-order valence-electron chi connectivity index (χ0n) is 21.0. The lowest BCUT2D eigenvalue weighted by atomic mass is 9.94. The first-order valence-electron chi connectivity index (χ1n) is 12.3. The Labute approximate surface area is 213 Å². The van der Waals surface area contributed by atoms with Gasteiger partial charge in [-0.25, -0.2) is 18.9 Å². The number of urea groups is 1. The van der Waals surface area contributed by atoms with Gasteiger partial charge in [-0.2, -0.15) is 0 Å². The second kappa shape index (κ2) is 8.86. The predicted molar refractivity (Wildman–Crippen MR) is 132 cm³/mol. The predicted octanol–water partition coefficient (Wildman–Crippen LogP) is 3.84. The van der Waals surface area contributed by atoms with Crippen LogP contribution in [0.4, 0.5) is 19.7 Å². The Morgan fingerprint density at radius 1 is 1.11 bits per heavy atom. The Bertz CT molecular complexity index is 1290. The molecule has 5 amide bonds. The van der Waals surface area contributed by atoms with Crippen molar-refractivity contribution in [3.05, 3.63) is 65.0 Å². The number of rotatable bonds is 4. The third-order valence-electron chi connectivity index (χ3n) is 7.65. The second-order valence-electron chi connectivity index (χ2n) is 10.3. The van der Waals surface area contributed by atoms with Crippen LogP contribution in [0.5, 0.6) is 0 Å². The van der Waals surface area contributed by atoms with Crippen molar-refractivity contribution >= 4 is 29.6 Å². The number of hydrogen-bond acceptors (Lipinski definition) is 5. The molecule has 2 fully saturated rings. The fraction of sp³-hybridized carbons (Fsp3) is 0.407. The monoisotopic (exact) mass is 508 g/mol. The maximum atomic E-state index is 13.6. The van der Waals surface area contributed by atoms with Crippen molar-refractivity contribution in [1.29, 1.82) is 0 Å². The molecule has 0 aromatic heterocycles. The van der Waals surface area contributed by atoms with E-state index in [9.17, 15) is 23.6 Å². The van der Waals surface area contributed by atoms with Gasteiger partial charge < -0.3 is 20.3 Å². The number of ether oxygens (including phenoxy) is 1. The molecule has 2 saturated heterocycles. The summed E-state index contributed by atoms with van der Waals surface area (Å²) in [7, 11) is 1.51. The lowest BCUT2D eigenvalue weighted by molar-refractivity contribution is -0.144. The van der Waals surface area contributed by atoms with Crippen molar-refractivity contribution in [2.24, 2.45) is 0 Å². The van der Waals surface area contributed by atoms with E-state index in [2.05, 4.69) is 10.6 Å². The number of nitrogens with zero attached hydrogens (tertiary/aromatic N) is 2. The number of aryl methyl sites for hydroxylation is 1. The fourth-order valence-corrected chi connectivity index (χ4v) is 5.81. The van der Waals surface area contributed by atoms with Crippen molar-refractivity contribution in [3.63, 3.8) is 0 Å². The molecule has 2 aromatic carbocycles. The lowest BCUT2D eigenvalue weighted by Crippen LogP contribution is -2.50. The molecule has 1 spiro atoms. The van der Waals surface area contributed by atoms with Crippen LogP contribution in [-0.4, -0.2) is 52.9 Å². The van der Waals surface area contributed by atoms with E-state index in [0.717, 1.165) is 22.4 Å². The zero-order chi connectivity index (χ0) is 26.5. The summed E-state index contributed by atoms with van der Waals surface area (Å²) in [6, 6.07) is 10.5. The van der Waals surface area contributed by atoms with Crippen molar-refractivity contribution in [1.82, 2.24) is 15.1 Å². The van der Waals surface area contributed by atoms with Crippen LogP contribution >= 0.6 is 0 Å². The third-order valence-corrected chi connectivity index (χ3v) is 7.65. The smallest absolute Gasteiger partial charge is 0.418 e. The molecule has 9 nitrogen and oxygen atoms in total. The Morgan fingerprint density at radius 3 is 2.54 bits per heavy atom. The number of nitrogens with one attached hydrogen (secondary N) is 2. The zero-order valence-corrected chi connectivity index (χ0v) is 21.0. The number of halogens is 1. The molecular weight excluding hydrogens is 479 g/mol. The number of benzene rings is 2. The molecule has 37 heavy (non-hydrogen) atoms. The van der Waals surface area contributed by atoms with Crippen molar-refractivity contribution in [3.8, 4) is 0 Å². The van der Waals surface area contributed by atoms with Gasteiger partial charge in [0, 0.05) is 30.3 Å². The van der Waals surface area contributed by atoms with Gasteiger partial charge in [-0.3, -0.25) is 9.59 Å². The summed E-state index contributed by atoms with van der Waals surface area (Å²) in [5, 5.41) is 5.17. The fourth-order valence-electron chi connectivity index (χ4n) is 5.81. The highest BCUT2D eigenvalue weighted by Crippen LogP contribution is 2.47. The molecule has 2 N–H and O–H groups in total. The van der Waals surface area contributed by atoms with E-state index in [1.165, 1.54) is 19.2 Å². The van der Waals surface area contributed by atoms with Gasteiger partial charge >= 0.3 is 12.1 Å². The van der Waals surface area contributed by atoms with Gasteiger partial charge in [-0.15, -0.1) is 0 Å². The summed E-state index contributed by atoms with van der Waals surface area (Å²) < 4.78 is 19.2. The maximum absolute atomic E-state index is 13.6. The molecule has 0 bridgehead atoms. The van der Waals surface area contributed by atoms with E-state index in [1.807, 2.05) is 13.8 Å². The Balaban J connectivity index is 1.37. The number of imide groups is 1. The normalized spacial score (nSPS) is 23.8. The number of anilines is 1. The number of fused-ring (bicyclic) bond motifs is 2. The van der Waals surface area contributed by atoms with Gasteiger partial charge in [0.2, 0.25) is 11.5 Å². The molecule has 194 valence electrons. The SMILES string of the molecule is CNC(=O)Nc1ccc2c(c1)CC[C@@]21OC(=O)N(CC(=O)N2[C@@H](c3ccc(F)cc3)CCC2(C)C)C1=O. The van der Waals surface area contributed by atoms with Crippen LogP contribution in [0.15, 0.2) is 42.5 Å². The van der Waals surface area contributed by atoms with E-state index in [4.69, 9.17) is 4.74 Å². The summed E-state index contributed by atoms with van der Waals surface area (Å²) in [5.41, 5.74) is 0.735. The van der Waals surface area contributed by atoms with Crippen molar-refractivity contribution in [2.45, 2.75) is 56.7 Å². The van der Waals surface area contributed by atoms with Crippen LogP contribution in [0, 0.1) is 5.82 Å². The van der Waals surface area contributed by atoms with Crippen LogP contribution in [0.1, 0.15) is 55.8 Å². The van der Waals surface area contributed by atoms with E-state index >= 15 is 0 Å². The standard InChI is InChI=1S/C27H29FN4O5/c1-26(2)12-11-21(16-4-6-18(28)7-5-16)32(26)22(33)15-31-23(34)27(37-25(31)36)13-10-17-14-19(8-9-20(17)27)30-24(35)29-3/h4-9,14,21H,10-13,15H2,1-3H3,(H2,29,30,35)/t21-,27-/m1/s1. The molecule has 0 radical (unpaired) electrons. The molecule has 5 rings (SSSR count). The molecular formula is C27H29FN4O5. The van der Waals surface area contributed by atoms with E-state index in [0.29, 0.717) is 24.1 Å². The van der Waals surface area contributed by atoms with Crippen molar-refractivity contribution in [2.75, 3.05) is 18.9 Å². The molecule has 1 aliphatic carbocycles. The molecule has 2 aromatic rings. The van der Waals surface area contributed by atoms with Gasteiger partial charge in [-0.05, 0) is 68.5 Å². The minimum Gasteiger partial charge on any atom is -0.427 e. The largest absolute Gasteiger partial charge is 0.427 e. The van der Waals surface area contributed by atoms with E-state index in [1.54, 1.807) is 35.2 Å². The Hall–Kier alpha value is -3.95. The molecule has 2 atom stereocenters. The minimum atomic E-state index is -1.48. The molecule has 10 heteroatoms. The Kier molecular flexibility index (Phi) is 5.92. The Morgan fingerprint density at radius 2 is 1.84 bits per heavy atom. The number of likely N-dealkylation sites (tertiary alicyclic amines) is 1. The number of hydrogen-bond donors (Lipinski definition) is 2. The number of carbonyl (C=O) groups is 4. The van der Waals surface area contributed by atoms with Gasteiger partial charge in [0.15, 0.2) is 0 Å². The quantitative estimate of drug-likeness (QED) is 0.653. The van der Waals surface area contributed by atoms with E-state index < -0.39 is 29.7 Å². The second-order valence-corrected chi connectivity index (χ2v) is 10.3. The minimum absolute atomic E-state index is 0.258. The first-order chi connectivity index (χ1) is 17.6. The lowest BCUT2D eigenvalue weighted by Gasteiger charge is -2.37. The summed E-state index contributed by atoms with van der Waals surface area (Å²) in [6.07, 6.45) is 1.30. The molecule has 3 aliphatic rings. The first-order valence-corrected chi connectivity index (χ1v) is 12.3. The van der Waals surface area contributed by atoms with Crippen LogP contribution in [0.3, 0.4) is 0 Å². The van der Waals surface area contributed by atoms with E-state index in [-0.39, 0.29) is 30.2 Å². The third kappa shape index (κ3) is 4.10. The molecule has 0 saturated carbocycles. The molecule has 2 aliphatic heterocycles. The van der Waals surface area contributed by atoms with Gasteiger partial charge in [-0.1, -0.05) is 18.2 Å². The van der Waals surface area contributed by atoms with Gasteiger partial charge in [0.05, 0.1) is 6.04 Å². The average Bonchev–Trinajstić information content (AvgIpc) is 3.46. The number of carbonyl (C=O) groups excluding carboxylic acids is 4. The average molecular weight is 509 g/mol. The van der Waals surface area contributed by atoms with Gasteiger partial charge in [0.25, 0.3) is 5.91 Å². The first kappa shape index (κ1) is 24.7.